The fraction of sp³-hybridized carbons (Fsp3) is 0.429. The third-order valence-corrected chi connectivity index (χ3v) is 6.34. The van der Waals surface area contributed by atoms with Crippen LogP contribution >= 0.6 is 0 Å². The zero-order valence-corrected chi connectivity index (χ0v) is 15.4. The van der Waals surface area contributed by atoms with Crippen LogP contribution in [0, 0.1) is 0 Å². The molecule has 0 spiro atoms. The quantitative estimate of drug-likeness (QED) is 0.833. The fourth-order valence-electron chi connectivity index (χ4n) is 3.83. The molecule has 0 saturated heterocycles. The Labute approximate surface area is 148 Å². The van der Waals surface area contributed by atoms with Gasteiger partial charge in [0.05, 0.1) is 0 Å². The Balaban J connectivity index is 1.70. The van der Waals surface area contributed by atoms with Gasteiger partial charge in [-0.15, -0.1) is 0 Å². The molecule has 2 aromatic carbocycles. The highest BCUT2D eigenvalue weighted by molar-refractivity contribution is 7.84. The first kappa shape index (κ1) is 17.4. The third-order valence-electron chi connectivity index (χ3n) is 5.41. The maximum atomic E-state index is 11.5. The van der Waals surface area contributed by atoms with E-state index in [1.807, 2.05) is 12.1 Å². The second-order valence-corrected chi connectivity index (χ2v) is 8.36. The minimum Gasteiger partial charge on any atom is -0.309 e. The summed E-state index contributed by atoms with van der Waals surface area (Å²) in [7, 11) is -0.908. The summed E-state index contributed by atoms with van der Waals surface area (Å²) in [5, 5.41) is 3.75. The van der Waals surface area contributed by atoms with E-state index in [9.17, 15) is 4.21 Å². The Hall–Kier alpha value is -1.45. The Morgan fingerprint density at radius 3 is 2.25 bits per heavy atom. The van der Waals surface area contributed by atoms with Crippen LogP contribution in [0.3, 0.4) is 0 Å². The first-order valence-corrected chi connectivity index (χ1v) is 10.4. The molecule has 1 aliphatic carbocycles. The van der Waals surface area contributed by atoms with Gasteiger partial charge in [0.1, 0.15) is 0 Å². The summed E-state index contributed by atoms with van der Waals surface area (Å²) in [5.74, 6) is 0. The van der Waals surface area contributed by atoms with Gasteiger partial charge < -0.3 is 5.32 Å². The largest absolute Gasteiger partial charge is 0.309 e. The molecule has 128 valence electrons. The predicted molar refractivity (Wildman–Crippen MR) is 102 cm³/mol. The number of nitrogens with one attached hydrogen (secondary N) is 1. The van der Waals surface area contributed by atoms with E-state index >= 15 is 0 Å². The molecule has 2 atom stereocenters. The summed E-state index contributed by atoms with van der Waals surface area (Å²) in [6.45, 7) is 3.23. The minimum atomic E-state index is -0.908. The molecule has 0 bridgehead atoms. The van der Waals surface area contributed by atoms with E-state index < -0.39 is 10.8 Å². The highest BCUT2D eigenvalue weighted by Crippen LogP contribution is 2.40. The molecule has 2 aromatic rings. The van der Waals surface area contributed by atoms with Crippen molar-refractivity contribution < 1.29 is 4.21 Å². The van der Waals surface area contributed by atoms with E-state index in [0.717, 1.165) is 11.4 Å². The molecule has 1 fully saturated rings. The van der Waals surface area contributed by atoms with Crippen LogP contribution in [0.5, 0.6) is 0 Å². The van der Waals surface area contributed by atoms with Crippen molar-refractivity contribution in [1.82, 2.24) is 5.32 Å². The van der Waals surface area contributed by atoms with Crippen molar-refractivity contribution in [3.05, 3.63) is 65.7 Å². The van der Waals surface area contributed by atoms with Gasteiger partial charge in [0.25, 0.3) is 0 Å². The van der Waals surface area contributed by atoms with Gasteiger partial charge in [-0.3, -0.25) is 4.21 Å². The average Bonchev–Trinajstić information content (AvgIpc) is 3.11. The average molecular weight is 342 g/mol. The van der Waals surface area contributed by atoms with Crippen molar-refractivity contribution in [2.75, 3.05) is 12.8 Å². The van der Waals surface area contributed by atoms with E-state index in [1.54, 1.807) is 6.26 Å². The van der Waals surface area contributed by atoms with Crippen LogP contribution in [0.25, 0.3) is 0 Å². The van der Waals surface area contributed by atoms with Crippen molar-refractivity contribution in [1.29, 1.82) is 0 Å². The van der Waals surface area contributed by atoms with Crippen LogP contribution in [0.1, 0.15) is 49.8 Å². The maximum absolute atomic E-state index is 11.5. The van der Waals surface area contributed by atoms with Crippen molar-refractivity contribution >= 4 is 10.8 Å². The van der Waals surface area contributed by atoms with Gasteiger partial charge in [-0.25, -0.2) is 0 Å². The molecular formula is C21H27NOS. The Morgan fingerprint density at radius 2 is 1.67 bits per heavy atom. The molecule has 0 aromatic heterocycles. The fourth-order valence-corrected chi connectivity index (χ4v) is 4.34. The van der Waals surface area contributed by atoms with Gasteiger partial charge in [0, 0.05) is 40.0 Å². The Kier molecular flexibility index (Phi) is 5.52. The summed E-state index contributed by atoms with van der Waals surface area (Å²) in [6.07, 6.45) is 6.90. The van der Waals surface area contributed by atoms with Gasteiger partial charge in [0.15, 0.2) is 0 Å². The monoisotopic (exact) mass is 341 g/mol. The topological polar surface area (TPSA) is 29.1 Å². The van der Waals surface area contributed by atoms with Crippen LogP contribution in [0.15, 0.2) is 59.5 Å². The number of benzene rings is 2. The molecule has 0 unspecified atom stereocenters. The molecule has 3 heteroatoms. The Bertz CT molecular complexity index is 675. The molecule has 0 heterocycles. The molecule has 24 heavy (non-hydrogen) atoms. The van der Waals surface area contributed by atoms with Crippen LogP contribution < -0.4 is 5.32 Å². The zero-order chi connectivity index (χ0) is 17.0. The lowest BCUT2D eigenvalue weighted by molar-refractivity contribution is 0.383. The van der Waals surface area contributed by atoms with Crippen LogP contribution in [-0.4, -0.2) is 17.0 Å². The van der Waals surface area contributed by atoms with E-state index in [0.29, 0.717) is 6.04 Å². The molecule has 3 rings (SSSR count). The molecule has 1 N–H and O–H groups in total. The van der Waals surface area contributed by atoms with Crippen molar-refractivity contribution in [3.8, 4) is 0 Å². The number of hydrogen-bond donors (Lipinski definition) is 1. The molecule has 0 amide bonds. The van der Waals surface area contributed by atoms with E-state index in [2.05, 4.69) is 54.7 Å². The second kappa shape index (κ2) is 7.62. The molecule has 0 radical (unpaired) electrons. The van der Waals surface area contributed by atoms with Crippen LogP contribution in [-0.2, 0) is 16.2 Å². The highest BCUT2D eigenvalue weighted by Gasteiger charge is 2.35. The molecular weight excluding hydrogens is 314 g/mol. The van der Waals surface area contributed by atoms with E-state index in [4.69, 9.17) is 0 Å². The summed E-state index contributed by atoms with van der Waals surface area (Å²) >= 11 is 0. The van der Waals surface area contributed by atoms with Gasteiger partial charge in [-0.1, -0.05) is 55.3 Å². The minimum absolute atomic E-state index is 0.278. The van der Waals surface area contributed by atoms with Gasteiger partial charge in [0.2, 0.25) is 0 Å². The van der Waals surface area contributed by atoms with Crippen molar-refractivity contribution in [2.45, 2.75) is 49.0 Å². The van der Waals surface area contributed by atoms with Crippen LogP contribution in [0.2, 0.25) is 0 Å². The second-order valence-electron chi connectivity index (χ2n) is 6.98. The summed E-state index contributed by atoms with van der Waals surface area (Å²) in [6, 6.07) is 19.4. The molecule has 2 nitrogen and oxygen atoms in total. The zero-order valence-electron chi connectivity index (χ0n) is 14.6. The molecule has 1 saturated carbocycles. The van der Waals surface area contributed by atoms with E-state index in [1.165, 1.54) is 36.8 Å². The van der Waals surface area contributed by atoms with E-state index in [-0.39, 0.29) is 5.41 Å². The number of rotatable bonds is 6. The predicted octanol–water partition coefficient (Wildman–Crippen LogP) is 4.59. The number of hydrogen-bond acceptors (Lipinski definition) is 2. The lowest BCUT2D eigenvalue weighted by atomic mass is 9.78. The smallest absolute Gasteiger partial charge is 0.0498 e. The third kappa shape index (κ3) is 3.79. The molecule has 1 aliphatic rings. The van der Waals surface area contributed by atoms with Crippen molar-refractivity contribution in [3.63, 3.8) is 0 Å². The lowest BCUT2D eigenvalue weighted by Crippen LogP contribution is -2.37. The normalized spacial score (nSPS) is 19.1. The SMILES string of the molecule is C[C@@H](NCC1(c2ccccc2)CCCC1)c1ccc([S@@](C)=O)cc1. The summed E-state index contributed by atoms with van der Waals surface area (Å²) in [4.78, 5) is 0.891. The summed E-state index contributed by atoms with van der Waals surface area (Å²) in [5.41, 5.74) is 3.00. The highest BCUT2D eigenvalue weighted by atomic mass is 32.2. The Morgan fingerprint density at radius 1 is 1.04 bits per heavy atom. The maximum Gasteiger partial charge on any atom is 0.0498 e. The van der Waals surface area contributed by atoms with Gasteiger partial charge in [-0.05, 0) is 43.0 Å². The summed E-state index contributed by atoms with van der Waals surface area (Å²) < 4.78 is 11.5. The first-order valence-electron chi connectivity index (χ1n) is 8.83. The molecule has 0 aliphatic heterocycles. The first-order chi connectivity index (χ1) is 11.6. The van der Waals surface area contributed by atoms with Gasteiger partial charge in [-0.2, -0.15) is 0 Å². The van der Waals surface area contributed by atoms with Crippen LogP contribution in [0.4, 0.5) is 0 Å². The standard InChI is InChI=1S/C21H27NOS/c1-17(18-10-12-20(13-11-18)24(2)23)22-16-21(14-6-7-15-21)19-8-4-3-5-9-19/h3-5,8-13,17,22H,6-7,14-16H2,1-2H3/t17-,24-/m1/s1. The van der Waals surface area contributed by atoms with Crippen molar-refractivity contribution in [2.24, 2.45) is 0 Å². The van der Waals surface area contributed by atoms with Gasteiger partial charge >= 0.3 is 0 Å². The lowest BCUT2D eigenvalue weighted by Gasteiger charge is -2.32.